The smallest absolute Gasteiger partial charge is 0.372 e. The molecular weight excluding hydrogens is 289 g/mol. The summed E-state index contributed by atoms with van der Waals surface area (Å²) in [6.45, 7) is 0. The zero-order chi connectivity index (χ0) is 15.6. The van der Waals surface area contributed by atoms with Crippen LogP contribution in [0.3, 0.4) is 0 Å². The van der Waals surface area contributed by atoms with Gasteiger partial charge in [-0.3, -0.25) is 20.2 Å². The molecule has 2 N–H and O–H groups in total. The van der Waals surface area contributed by atoms with Gasteiger partial charge in [0.2, 0.25) is 5.82 Å². The molecular formula is C10H6FN5O5. The summed E-state index contributed by atoms with van der Waals surface area (Å²) in [4.78, 5) is 26.6. The van der Waals surface area contributed by atoms with Crippen molar-refractivity contribution < 1.29 is 19.0 Å². The number of halogens is 1. The minimum absolute atomic E-state index is 0.452. The van der Waals surface area contributed by atoms with Crippen molar-refractivity contribution in [2.75, 3.05) is 5.73 Å². The third kappa shape index (κ3) is 2.80. The second-order valence-electron chi connectivity index (χ2n) is 3.64. The van der Waals surface area contributed by atoms with Crippen molar-refractivity contribution in [1.82, 2.24) is 9.97 Å². The Kier molecular flexibility index (Phi) is 3.56. The second-order valence-corrected chi connectivity index (χ2v) is 3.64. The van der Waals surface area contributed by atoms with Crippen molar-refractivity contribution in [3.05, 3.63) is 50.6 Å². The van der Waals surface area contributed by atoms with Gasteiger partial charge in [-0.2, -0.15) is 4.98 Å². The molecule has 1 heterocycles. The summed E-state index contributed by atoms with van der Waals surface area (Å²) in [6.07, 6.45) is 0.904. The summed E-state index contributed by atoms with van der Waals surface area (Å²) in [7, 11) is 0. The molecule has 0 aliphatic carbocycles. The quantitative estimate of drug-likeness (QED) is 0.663. The van der Waals surface area contributed by atoms with Gasteiger partial charge >= 0.3 is 11.6 Å². The number of hydrogen-bond acceptors (Lipinski definition) is 8. The molecule has 0 aliphatic rings. The first-order valence-electron chi connectivity index (χ1n) is 5.27. The van der Waals surface area contributed by atoms with Gasteiger partial charge in [-0.25, -0.2) is 9.37 Å². The average molecular weight is 295 g/mol. The zero-order valence-electron chi connectivity index (χ0n) is 10.1. The van der Waals surface area contributed by atoms with Crippen molar-refractivity contribution in [3.63, 3.8) is 0 Å². The van der Waals surface area contributed by atoms with Gasteiger partial charge < -0.3 is 10.5 Å². The van der Waals surface area contributed by atoms with E-state index in [1.165, 1.54) is 0 Å². The number of nitrogens with two attached hydrogens (primary N) is 1. The molecule has 0 spiro atoms. The number of nitrogens with zero attached hydrogens (tertiary/aromatic N) is 4. The van der Waals surface area contributed by atoms with Crippen LogP contribution in [0.25, 0.3) is 0 Å². The summed E-state index contributed by atoms with van der Waals surface area (Å²) in [5.74, 6) is -2.56. The van der Waals surface area contributed by atoms with Crippen LogP contribution in [-0.2, 0) is 0 Å². The predicted molar refractivity (Wildman–Crippen MR) is 66.2 cm³/mol. The molecule has 1 aromatic carbocycles. The highest BCUT2D eigenvalue weighted by Gasteiger charge is 2.24. The lowest BCUT2D eigenvalue weighted by Crippen LogP contribution is -2.03. The first kappa shape index (κ1) is 14.0. The van der Waals surface area contributed by atoms with E-state index >= 15 is 0 Å². The Labute approximate surface area is 115 Å². The van der Waals surface area contributed by atoms with E-state index in [4.69, 9.17) is 10.5 Å². The van der Waals surface area contributed by atoms with Crippen LogP contribution < -0.4 is 10.5 Å². The molecule has 2 aromatic rings. The van der Waals surface area contributed by atoms with Crippen molar-refractivity contribution in [2.45, 2.75) is 0 Å². The number of nitro groups is 2. The predicted octanol–water partition coefficient (Wildman–Crippen LogP) is 1.81. The highest BCUT2D eigenvalue weighted by molar-refractivity contribution is 5.59. The number of aromatic nitrogens is 2. The Morgan fingerprint density at radius 2 is 1.90 bits per heavy atom. The Morgan fingerprint density at radius 1 is 1.19 bits per heavy atom. The van der Waals surface area contributed by atoms with E-state index in [0.717, 1.165) is 18.5 Å². The topological polar surface area (TPSA) is 147 Å². The van der Waals surface area contributed by atoms with Gasteiger partial charge in [-0.05, 0) is 6.07 Å². The van der Waals surface area contributed by atoms with E-state index in [1.807, 2.05) is 0 Å². The van der Waals surface area contributed by atoms with Crippen molar-refractivity contribution in [2.24, 2.45) is 0 Å². The molecule has 0 fully saturated rings. The molecule has 2 rings (SSSR count). The van der Waals surface area contributed by atoms with E-state index in [0.29, 0.717) is 6.07 Å². The average Bonchev–Trinajstić information content (AvgIpc) is 2.40. The Hall–Kier alpha value is -3.37. The molecule has 11 heteroatoms. The normalized spacial score (nSPS) is 10.1. The monoisotopic (exact) mass is 295 g/mol. The molecule has 1 aromatic heterocycles. The maximum atomic E-state index is 13.7. The molecule has 0 unspecified atom stereocenters. The highest BCUT2D eigenvalue weighted by atomic mass is 19.1. The summed E-state index contributed by atoms with van der Waals surface area (Å²) >= 11 is 0. The first-order chi connectivity index (χ1) is 9.90. The Balaban J connectivity index is 2.42. The number of rotatable bonds is 4. The van der Waals surface area contributed by atoms with Crippen molar-refractivity contribution in [3.8, 4) is 11.6 Å². The van der Waals surface area contributed by atoms with Crippen LogP contribution in [0.5, 0.6) is 11.6 Å². The fourth-order valence-corrected chi connectivity index (χ4v) is 1.41. The molecule has 0 amide bonds. The largest absolute Gasteiger partial charge is 0.430 e. The van der Waals surface area contributed by atoms with E-state index in [1.54, 1.807) is 0 Å². The lowest BCUT2D eigenvalue weighted by Gasteiger charge is -2.06. The molecule has 0 saturated heterocycles. The Morgan fingerprint density at radius 3 is 2.48 bits per heavy atom. The number of nitro benzene ring substituents is 1. The van der Waals surface area contributed by atoms with Crippen LogP contribution in [0.2, 0.25) is 0 Å². The minimum atomic E-state index is -1.07. The van der Waals surface area contributed by atoms with Crippen LogP contribution in [0, 0.1) is 26.0 Å². The van der Waals surface area contributed by atoms with Gasteiger partial charge in [0.1, 0.15) is 6.33 Å². The van der Waals surface area contributed by atoms with Crippen molar-refractivity contribution in [1.29, 1.82) is 0 Å². The second kappa shape index (κ2) is 5.32. The summed E-state index contributed by atoms with van der Waals surface area (Å²) in [5, 5.41) is 21.3. The molecule has 0 radical (unpaired) electrons. The van der Waals surface area contributed by atoms with E-state index in [-0.39, 0.29) is 0 Å². The molecule has 0 saturated carbocycles. The van der Waals surface area contributed by atoms with Gasteiger partial charge in [0.15, 0.2) is 11.6 Å². The molecule has 10 nitrogen and oxygen atoms in total. The van der Waals surface area contributed by atoms with E-state index in [2.05, 4.69) is 9.97 Å². The molecule has 0 atom stereocenters. The van der Waals surface area contributed by atoms with E-state index < -0.39 is 44.5 Å². The van der Waals surface area contributed by atoms with Crippen LogP contribution in [0.1, 0.15) is 0 Å². The summed E-state index contributed by atoms with van der Waals surface area (Å²) in [6, 6.07) is 2.55. The molecule has 21 heavy (non-hydrogen) atoms. The number of nitrogen functional groups attached to an aromatic ring is 1. The first-order valence-corrected chi connectivity index (χ1v) is 5.27. The SMILES string of the molecule is Nc1ncnc(Oc2ccc([N+](=O)[O-])cc2F)c1[N+](=O)[O-]. The van der Waals surface area contributed by atoms with Crippen LogP contribution in [0.15, 0.2) is 24.5 Å². The third-order valence-electron chi connectivity index (χ3n) is 2.33. The fourth-order valence-electron chi connectivity index (χ4n) is 1.41. The van der Waals surface area contributed by atoms with Gasteiger partial charge in [0.05, 0.1) is 15.9 Å². The molecule has 0 aliphatic heterocycles. The Bertz CT molecular complexity index is 738. The van der Waals surface area contributed by atoms with Crippen LogP contribution in [-0.4, -0.2) is 19.8 Å². The summed E-state index contributed by atoms with van der Waals surface area (Å²) in [5.41, 5.74) is 4.11. The number of ether oxygens (including phenoxy) is 1. The van der Waals surface area contributed by atoms with Crippen molar-refractivity contribution >= 4 is 17.2 Å². The lowest BCUT2D eigenvalue weighted by molar-refractivity contribution is -0.385. The van der Waals surface area contributed by atoms with Gasteiger partial charge in [0, 0.05) is 6.07 Å². The highest BCUT2D eigenvalue weighted by Crippen LogP contribution is 2.34. The minimum Gasteiger partial charge on any atom is -0.430 e. The van der Waals surface area contributed by atoms with Crippen LogP contribution >= 0.6 is 0 Å². The number of non-ortho nitro benzene ring substituents is 1. The van der Waals surface area contributed by atoms with Gasteiger partial charge in [-0.1, -0.05) is 0 Å². The number of benzene rings is 1. The molecule has 108 valence electrons. The lowest BCUT2D eigenvalue weighted by atomic mass is 10.3. The zero-order valence-corrected chi connectivity index (χ0v) is 10.1. The maximum Gasteiger partial charge on any atom is 0.372 e. The van der Waals surface area contributed by atoms with Crippen LogP contribution in [0.4, 0.5) is 21.6 Å². The maximum absolute atomic E-state index is 13.7. The standard InChI is InChI=1S/C10H6FN5O5/c11-6-3-5(15(17)18)1-2-7(6)21-10-8(16(19)20)9(12)13-4-14-10/h1-4H,(H2,12,13,14). The third-order valence-corrected chi connectivity index (χ3v) is 2.33. The summed E-state index contributed by atoms with van der Waals surface area (Å²) < 4.78 is 18.6. The number of anilines is 1. The molecule has 0 bridgehead atoms. The van der Waals surface area contributed by atoms with E-state index in [9.17, 15) is 24.6 Å². The van der Waals surface area contributed by atoms with Gasteiger partial charge in [-0.15, -0.1) is 0 Å². The fraction of sp³-hybridized carbons (Fsp3) is 0. The van der Waals surface area contributed by atoms with Gasteiger partial charge in [0.25, 0.3) is 5.69 Å². The number of hydrogen-bond donors (Lipinski definition) is 1.